The van der Waals surface area contributed by atoms with Gasteiger partial charge in [0.2, 0.25) is 0 Å². The van der Waals surface area contributed by atoms with Crippen LogP contribution in [0.2, 0.25) is 5.02 Å². The van der Waals surface area contributed by atoms with Crippen LogP contribution in [0.15, 0.2) is 41.5 Å². The Morgan fingerprint density at radius 1 is 1.32 bits per heavy atom. The van der Waals surface area contributed by atoms with Crippen LogP contribution in [-0.4, -0.2) is 10.8 Å². The minimum atomic E-state index is 0.545. The minimum Gasteiger partial charge on any atom is -0.399 e. The van der Waals surface area contributed by atoms with Gasteiger partial charge in [0, 0.05) is 24.0 Å². The van der Waals surface area contributed by atoms with Crippen molar-refractivity contribution in [1.82, 2.24) is 4.98 Å². The second-order valence-electron chi connectivity index (χ2n) is 4.45. The highest BCUT2D eigenvalue weighted by Crippen LogP contribution is 2.25. The number of aliphatic imine (C=N–C) groups is 1. The molecule has 0 amide bonds. The van der Waals surface area contributed by atoms with Gasteiger partial charge < -0.3 is 11.1 Å². The third kappa shape index (κ3) is 2.69. The van der Waals surface area contributed by atoms with Crippen molar-refractivity contribution in [3.05, 3.63) is 52.8 Å². The molecule has 19 heavy (non-hydrogen) atoms. The first-order valence-corrected chi connectivity index (χ1v) is 6.38. The van der Waals surface area contributed by atoms with Gasteiger partial charge >= 0.3 is 0 Å². The van der Waals surface area contributed by atoms with Crippen LogP contribution in [0.1, 0.15) is 11.3 Å². The van der Waals surface area contributed by atoms with Crippen molar-refractivity contribution >= 4 is 28.8 Å². The molecule has 1 aliphatic heterocycles. The zero-order valence-electron chi connectivity index (χ0n) is 10.2. The van der Waals surface area contributed by atoms with E-state index in [0.29, 0.717) is 11.6 Å². The first kappa shape index (κ1) is 12.0. The number of nitrogens with one attached hydrogen (secondary N) is 1. The van der Waals surface area contributed by atoms with Crippen LogP contribution in [0, 0.1) is 0 Å². The van der Waals surface area contributed by atoms with Gasteiger partial charge in [-0.05, 0) is 35.9 Å². The molecule has 0 atom stereocenters. The summed E-state index contributed by atoms with van der Waals surface area (Å²) in [5, 5.41) is 3.92. The van der Waals surface area contributed by atoms with Gasteiger partial charge in [0.1, 0.15) is 5.84 Å². The number of fused-ring (bicyclic) bond motifs is 1. The summed E-state index contributed by atoms with van der Waals surface area (Å²) in [6.07, 6.45) is 2.42. The van der Waals surface area contributed by atoms with E-state index in [2.05, 4.69) is 15.3 Å². The van der Waals surface area contributed by atoms with Crippen LogP contribution in [-0.2, 0) is 13.0 Å². The maximum Gasteiger partial charge on any atom is 0.106 e. The minimum absolute atomic E-state index is 0.545. The standard InChI is InChI=1S/C14H13ClN4/c15-10-1-3-12(17-7-10)8-18-14-6-9-5-11(16)2-4-13(9)19-14/h1-5,7H,6,8,16H2,(H,18,19). The van der Waals surface area contributed by atoms with E-state index >= 15 is 0 Å². The lowest BCUT2D eigenvalue weighted by molar-refractivity contribution is 0.984. The molecule has 3 N–H and O–H groups in total. The first-order chi connectivity index (χ1) is 9.20. The van der Waals surface area contributed by atoms with Gasteiger partial charge in [-0.1, -0.05) is 11.6 Å². The van der Waals surface area contributed by atoms with E-state index in [-0.39, 0.29) is 0 Å². The number of aromatic nitrogens is 1. The number of nitrogens with two attached hydrogens (primary N) is 1. The molecule has 4 nitrogen and oxygen atoms in total. The Kier molecular flexibility index (Phi) is 3.09. The van der Waals surface area contributed by atoms with Gasteiger partial charge in [0.15, 0.2) is 0 Å². The molecule has 0 saturated heterocycles. The molecule has 0 radical (unpaired) electrons. The van der Waals surface area contributed by atoms with Crippen LogP contribution >= 0.6 is 11.6 Å². The number of rotatable bonds is 2. The molecular formula is C14H13ClN4. The average Bonchev–Trinajstić information content (AvgIpc) is 2.80. The quantitative estimate of drug-likeness (QED) is 0.827. The summed E-state index contributed by atoms with van der Waals surface area (Å²) in [6.45, 7) is 0.545. The van der Waals surface area contributed by atoms with Crippen LogP contribution < -0.4 is 11.1 Å². The number of hydrogen-bond donors (Lipinski definition) is 2. The molecule has 5 heteroatoms. The SMILES string of the molecule is Nc1ccc2c(c1)CC(=NCc1ccc(Cl)cn1)N2. The number of nitrogen functional groups attached to an aromatic ring is 1. The van der Waals surface area contributed by atoms with Gasteiger partial charge in [-0.2, -0.15) is 0 Å². The zero-order chi connectivity index (χ0) is 13.2. The molecule has 0 saturated carbocycles. The maximum atomic E-state index is 5.79. The molecule has 2 aromatic rings. The summed E-state index contributed by atoms with van der Waals surface area (Å²) in [5.41, 5.74) is 9.71. The van der Waals surface area contributed by atoms with E-state index in [0.717, 1.165) is 29.3 Å². The molecule has 96 valence electrons. The summed E-state index contributed by atoms with van der Waals surface area (Å²) >= 11 is 5.79. The Morgan fingerprint density at radius 3 is 3.00 bits per heavy atom. The second kappa shape index (κ2) is 4.90. The van der Waals surface area contributed by atoms with Crippen molar-refractivity contribution in [2.24, 2.45) is 4.99 Å². The molecule has 1 aliphatic rings. The van der Waals surface area contributed by atoms with Crippen molar-refractivity contribution in [1.29, 1.82) is 0 Å². The van der Waals surface area contributed by atoms with Crippen molar-refractivity contribution in [3.63, 3.8) is 0 Å². The third-order valence-electron chi connectivity index (χ3n) is 2.99. The average molecular weight is 273 g/mol. The summed E-state index contributed by atoms with van der Waals surface area (Å²) < 4.78 is 0. The van der Waals surface area contributed by atoms with Crippen LogP contribution in [0.4, 0.5) is 11.4 Å². The van der Waals surface area contributed by atoms with Crippen molar-refractivity contribution in [2.75, 3.05) is 11.1 Å². The fraction of sp³-hybridized carbons (Fsp3) is 0.143. The first-order valence-electron chi connectivity index (χ1n) is 6.00. The molecule has 3 rings (SSSR count). The Labute approximate surface area is 116 Å². The van der Waals surface area contributed by atoms with E-state index in [1.807, 2.05) is 30.3 Å². The van der Waals surface area contributed by atoms with Crippen molar-refractivity contribution < 1.29 is 0 Å². The van der Waals surface area contributed by atoms with Gasteiger partial charge in [-0.3, -0.25) is 9.98 Å². The fourth-order valence-corrected chi connectivity index (χ4v) is 2.15. The van der Waals surface area contributed by atoms with Gasteiger partial charge in [0.25, 0.3) is 0 Å². The van der Waals surface area contributed by atoms with E-state index < -0.39 is 0 Å². The van der Waals surface area contributed by atoms with E-state index in [1.54, 1.807) is 6.20 Å². The lowest BCUT2D eigenvalue weighted by Crippen LogP contribution is -2.06. The highest BCUT2D eigenvalue weighted by molar-refractivity contribution is 6.30. The highest BCUT2D eigenvalue weighted by atomic mass is 35.5. The smallest absolute Gasteiger partial charge is 0.106 e. The van der Waals surface area contributed by atoms with E-state index in [4.69, 9.17) is 17.3 Å². The lowest BCUT2D eigenvalue weighted by atomic mass is 10.1. The molecule has 0 unspecified atom stereocenters. The zero-order valence-corrected chi connectivity index (χ0v) is 11.0. The molecule has 0 spiro atoms. The normalized spacial score (nSPS) is 15.3. The van der Waals surface area contributed by atoms with Crippen LogP contribution in [0.25, 0.3) is 0 Å². The Bertz CT molecular complexity index is 634. The molecule has 1 aromatic carbocycles. The molecular weight excluding hydrogens is 260 g/mol. The Morgan fingerprint density at radius 2 is 2.21 bits per heavy atom. The predicted octanol–water partition coefficient (Wildman–Crippen LogP) is 2.88. The predicted molar refractivity (Wildman–Crippen MR) is 78.6 cm³/mol. The van der Waals surface area contributed by atoms with Gasteiger partial charge in [-0.15, -0.1) is 0 Å². The fourth-order valence-electron chi connectivity index (χ4n) is 2.03. The number of anilines is 2. The number of pyridine rings is 1. The Hall–Kier alpha value is -2.07. The summed E-state index contributed by atoms with van der Waals surface area (Å²) in [7, 11) is 0. The highest BCUT2D eigenvalue weighted by Gasteiger charge is 2.15. The van der Waals surface area contributed by atoms with Gasteiger partial charge in [-0.25, -0.2) is 0 Å². The molecule has 1 aromatic heterocycles. The summed E-state index contributed by atoms with van der Waals surface area (Å²) in [6, 6.07) is 9.54. The van der Waals surface area contributed by atoms with E-state index in [1.165, 1.54) is 5.56 Å². The molecule has 2 heterocycles. The molecule has 0 aliphatic carbocycles. The summed E-state index contributed by atoms with van der Waals surface area (Å²) in [4.78, 5) is 8.74. The maximum absolute atomic E-state index is 5.79. The third-order valence-corrected chi connectivity index (χ3v) is 3.21. The number of benzene rings is 1. The number of halogens is 1. The number of amidine groups is 1. The number of nitrogens with zero attached hydrogens (tertiary/aromatic N) is 2. The number of hydrogen-bond acceptors (Lipinski definition) is 3. The lowest BCUT2D eigenvalue weighted by Gasteiger charge is -2.00. The topological polar surface area (TPSA) is 63.3 Å². The molecule has 0 fully saturated rings. The summed E-state index contributed by atoms with van der Waals surface area (Å²) in [5.74, 6) is 0.942. The van der Waals surface area contributed by atoms with Crippen LogP contribution in [0.5, 0.6) is 0 Å². The van der Waals surface area contributed by atoms with E-state index in [9.17, 15) is 0 Å². The Balaban J connectivity index is 1.72. The largest absolute Gasteiger partial charge is 0.399 e. The van der Waals surface area contributed by atoms with Gasteiger partial charge in [0.05, 0.1) is 17.3 Å². The molecule has 0 bridgehead atoms. The van der Waals surface area contributed by atoms with Crippen molar-refractivity contribution in [2.45, 2.75) is 13.0 Å². The monoisotopic (exact) mass is 272 g/mol. The van der Waals surface area contributed by atoms with Crippen molar-refractivity contribution in [3.8, 4) is 0 Å². The second-order valence-corrected chi connectivity index (χ2v) is 4.89. The van der Waals surface area contributed by atoms with Crippen LogP contribution in [0.3, 0.4) is 0 Å².